The monoisotopic (exact) mass is 207 g/mol. The zero-order chi connectivity index (χ0) is 11.1. The Hall–Kier alpha value is -1.51. The Balaban J connectivity index is 2.30. The van der Waals surface area contributed by atoms with E-state index in [0.29, 0.717) is 6.42 Å². The molecule has 0 aliphatic heterocycles. The maximum atomic E-state index is 10.9. The lowest BCUT2D eigenvalue weighted by molar-refractivity contribution is -0.140. The highest BCUT2D eigenvalue weighted by Crippen LogP contribution is 2.09. The number of nitrogens with one attached hydrogen (secondary N) is 1. The zero-order valence-electron chi connectivity index (χ0n) is 9.19. The number of carbonyl (C=O) groups excluding carboxylic acids is 1. The number of para-hydroxylation sites is 1. The second-order valence-corrected chi connectivity index (χ2v) is 3.53. The molecule has 1 atom stereocenters. The molecule has 0 heterocycles. The van der Waals surface area contributed by atoms with E-state index in [1.54, 1.807) is 0 Å². The van der Waals surface area contributed by atoms with Crippen LogP contribution in [0.3, 0.4) is 0 Å². The summed E-state index contributed by atoms with van der Waals surface area (Å²) in [5.74, 6) is -0.156. The highest BCUT2D eigenvalue weighted by atomic mass is 16.5. The zero-order valence-corrected chi connectivity index (χ0v) is 9.19. The Morgan fingerprint density at radius 1 is 1.40 bits per heavy atom. The summed E-state index contributed by atoms with van der Waals surface area (Å²) in [6.45, 7) is 2.05. The Bertz CT molecular complexity index is 298. The summed E-state index contributed by atoms with van der Waals surface area (Å²) in [6.07, 6.45) is 1.24. The number of hydrogen-bond acceptors (Lipinski definition) is 3. The van der Waals surface area contributed by atoms with Crippen LogP contribution >= 0.6 is 0 Å². The molecule has 1 rings (SSSR count). The molecule has 1 N–H and O–H groups in total. The molecule has 0 saturated carbocycles. The number of esters is 1. The van der Waals surface area contributed by atoms with E-state index < -0.39 is 0 Å². The molecule has 82 valence electrons. The number of methoxy groups -OCH3 is 1. The molecule has 0 saturated heterocycles. The predicted molar refractivity (Wildman–Crippen MR) is 60.8 cm³/mol. The number of hydrogen-bond donors (Lipinski definition) is 1. The predicted octanol–water partition coefficient (Wildman–Crippen LogP) is 2.44. The van der Waals surface area contributed by atoms with Crippen molar-refractivity contribution in [1.82, 2.24) is 0 Å². The van der Waals surface area contributed by atoms with Crippen LogP contribution in [0.25, 0.3) is 0 Å². The van der Waals surface area contributed by atoms with Crippen molar-refractivity contribution in [3.05, 3.63) is 30.3 Å². The van der Waals surface area contributed by atoms with Gasteiger partial charge < -0.3 is 10.1 Å². The van der Waals surface area contributed by atoms with E-state index in [-0.39, 0.29) is 12.0 Å². The second-order valence-electron chi connectivity index (χ2n) is 3.53. The number of anilines is 1. The third kappa shape index (κ3) is 4.49. The lowest BCUT2D eigenvalue weighted by atomic mass is 10.1. The van der Waals surface area contributed by atoms with E-state index in [9.17, 15) is 4.79 Å². The molecular formula is C12H17NO2. The lowest BCUT2D eigenvalue weighted by Crippen LogP contribution is -2.16. The van der Waals surface area contributed by atoms with Gasteiger partial charge in [0.15, 0.2) is 0 Å². The Morgan fingerprint density at radius 2 is 2.07 bits per heavy atom. The van der Waals surface area contributed by atoms with Crippen molar-refractivity contribution >= 4 is 11.7 Å². The van der Waals surface area contributed by atoms with Crippen LogP contribution in [-0.2, 0) is 9.53 Å². The van der Waals surface area contributed by atoms with Crippen LogP contribution in [0.5, 0.6) is 0 Å². The summed E-state index contributed by atoms with van der Waals surface area (Å²) in [5.41, 5.74) is 1.08. The van der Waals surface area contributed by atoms with Gasteiger partial charge in [-0.15, -0.1) is 0 Å². The molecule has 1 aromatic rings. The molecule has 3 heteroatoms. The van der Waals surface area contributed by atoms with E-state index in [0.717, 1.165) is 12.1 Å². The average molecular weight is 207 g/mol. The number of rotatable bonds is 5. The van der Waals surface area contributed by atoms with Crippen LogP contribution in [0, 0.1) is 0 Å². The number of benzene rings is 1. The standard InChI is InChI=1S/C12H17NO2/c1-10(8-9-12(14)15-2)13-11-6-4-3-5-7-11/h3-7,10,13H,8-9H2,1-2H3. The average Bonchev–Trinajstić information content (AvgIpc) is 2.27. The van der Waals surface area contributed by atoms with Gasteiger partial charge in [-0.1, -0.05) is 18.2 Å². The summed E-state index contributed by atoms with van der Waals surface area (Å²) in [7, 11) is 1.41. The van der Waals surface area contributed by atoms with E-state index in [1.165, 1.54) is 7.11 Å². The fraction of sp³-hybridized carbons (Fsp3) is 0.417. The first-order chi connectivity index (χ1) is 7.22. The summed E-state index contributed by atoms with van der Waals surface area (Å²) >= 11 is 0. The third-order valence-corrected chi connectivity index (χ3v) is 2.20. The van der Waals surface area contributed by atoms with Crippen molar-refractivity contribution in [3.8, 4) is 0 Å². The van der Waals surface area contributed by atoms with Crippen LogP contribution in [0.15, 0.2) is 30.3 Å². The van der Waals surface area contributed by atoms with Crippen molar-refractivity contribution in [2.45, 2.75) is 25.8 Å². The van der Waals surface area contributed by atoms with Gasteiger partial charge in [-0.2, -0.15) is 0 Å². The first-order valence-corrected chi connectivity index (χ1v) is 5.11. The Labute approximate surface area is 90.4 Å². The number of carbonyl (C=O) groups is 1. The largest absolute Gasteiger partial charge is 0.469 e. The first-order valence-electron chi connectivity index (χ1n) is 5.11. The minimum Gasteiger partial charge on any atom is -0.469 e. The minimum atomic E-state index is -0.156. The fourth-order valence-corrected chi connectivity index (χ4v) is 1.33. The molecule has 0 aliphatic rings. The van der Waals surface area contributed by atoms with Crippen LogP contribution in [0.1, 0.15) is 19.8 Å². The fourth-order valence-electron chi connectivity index (χ4n) is 1.33. The van der Waals surface area contributed by atoms with Crippen molar-refractivity contribution in [2.75, 3.05) is 12.4 Å². The van der Waals surface area contributed by atoms with Gasteiger partial charge in [0, 0.05) is 18.2 Å². The van der Waals surface area contributed by atoms with Crippen LogP contribution in [-0.4, -0.2) is 19.1 Å². The second kappa shape index (κ2) is 6.06. The first kappa shape index (κ1) is 11.6. The summed E-state index contributed by atoms with van der Waals surface area (Å²) in [5, 5.41) is 3.31. The molecule has 1 unspecified atom stereocenters. The summed E-state index contributed by atoms with van der Waals surface area (Å²) in [4.78, 5) is 10.9. The quantitative estimate of drug-likeness (QED) is 0.754. The van der Waals surface area contributed by atoms with Gasteiger partial charge in [-0.05, 0) is 25.5 Å². The molecule has 0 amide bonds. The molecular weight excluding hydrogens is 190 g/mol. The molecule has 15 heavy (non-hydrogen) atoms. The van der Waals surface area contributed by atoms with Crippen LogP contribution < -0.4 is 5.32 Å². The molecule has 3 nitrogen and oxygen atoms in total. The van der Waals surface area contributed by atoms with E-state index in [4.69, 9.17) is 0 Å². The topological polar surface area (TPSA) is 38.3 Å². The van der Waals surface area contributed by atoms with Gasteiger partial charge in [0.05, 0.1) is 7.11 Å². The van der Waals surface area contributed by atoms with Gasteiger partial charge in [-0.3, -0.25) is 4.79 Å². The molecule has 0 spiro atoms. The molecule has 0 radical (unpaired) electrons. The van der Waals surface area contributed by atoms with Crippen molar-refractivity contribution in [2.24, 2.45) is 0 Å². The molecule has 0 fully saturated rings. The maximum absolute atomic E-state index is 10.9. The van der Waals surface area contributed by atoms with Crippen molar-refractivity contribution in [3.63, 3.8) is 0 Å². The normalized spacial score (nSPS) is 11.9. The number of ether oxygens (including phenoxy) is 1. The van der Waals surface area contributed by atoms with E-state index in [1.807, 2.05) is 30.3 Å². The minimum absolute atomic E-state index is 0.156. The maximum Gasteiger partial charge on any atom is 0.305 e. The lowest BCUT2D eigenvalue weighted by Gasteiger charge is -2.14. The van der Waals surface area contributed by atoms with Gasteiger partial charge in [0.25, 0.3) is 0 Å². The smallest absolute Gasteiger partial charge is 0.305 e. The Kier molecular flexibility index (Phi) is 4.68. The SMILES string of the molecule is COC(=O)CCC(C)Nc1ccccc1. The van der Waals surface area contributed by atoms with Crippen LogP contribution in [0.4, 0.5) is 5.69 Å². The van der Waals surface area contributed by atoms with E-state index in [2.05, 4.69) is 17.0 Å². The molecule has 0 bridgehead atoms. The van der Waals surface area contributed by atoms with Crippen molar-refractivity contribution < 1.29 is 9.53 Å². The summed E-state index contributed by atoms with van der Waals surface area (Å²) < 4.78 is 4.58. The highest BCUT2D eigenvalue weighted by molar-refractivity contribution is 5.69. The van der Waals surface area contributed by atoms with Crippen molar-refractivity contribution in [1.29, 1.82) is 0 Å². The van der Waals surface area contributed by atoms with Gasteiger partial charge >= 0.3 is 5.97 Å². The van der Waals surface area contributed by atoms with E-state index >= 15 is 0 Å². The van der Waals surface area contributed by atoms with Gasteiger partial charge in [-0.25, -0.2) is 0 Å². The van der Waals surface area contributed by atoms with Gasteiger partial charge in [0.1, 0.15) is 0 Å². The summed E-state index contributed by atoms with van der Waals surface area (Å²) in [6, 6.07) is 10.2. The van der Waals surface area contributed by atoms with Crippen LogP contribution in [0.2, 0.25) is 0 Å². The molecule has 1 aromatic carbocycles. The Morgan fingerprint density at radius 3 is 2.67 bits per heavy atom. The molecule has 0 aromatic heterocycles. The van der Waals surface area contributed by atoms with Gasteiger partial charge in [0.2, 0.25) is 0 Å². The molecule has 0 aliphatic carbocycles. The third-order valence-electron chi connectivity index (χ3n) is 2.20. The highest BCUT2D eigenvalue weighted by Gasteiger charge is 2.05.